The Bertz CT molecular complexity index is 938. The van der Waals surface area contributed by atoms with E-state index in [1.54, 1.807) is 41.0 Å². The molecule has 0 unspecified atom stereocenters. The Balaban J connectivity index is 2.04. The fraction of sp³-hybridized carbons (Fsp3) is 0.200. The number of aromatic nitrogens is 1. The Morgan fingerprint density at radius 1 is 1.12 bits per heavy atom. The third-order valence-electron chi connectivity index (χ3n) is 4.08. The number of carbonyl (C=O) groups excluding carboxylic acids is 1. The molecule has 1 heterocycles. The number of hydrogen-bond donors (Lipinski definition) is 1. The summed E-state index contributed by atoms with van der Waals surface area (Å²) in [5.74, 6) is -0.323. The molecule has 5 heteroatoms. The number of ether oxygens (including phenoxy) is 1. The van der Waals surface area contributed by atoms with Crippen LogP contribution in [0.1, 0.15) is 28.5 Å². The molecular formula is C20H19NO4. The van der Waals surface area contributed by atoms with Gasteiger partial charge in [-0.1, -0.05) is 12.1 Å². The molecule has 1 aromatic heterocycles. The van der Waals surface area contributed by atoms with E-state index in [0.717, 1.165) is 22.3 Å². The number of rotatable bonds is 5. The van der Waals surface area contributed by atoms with Gasteiger partial charge < -0.3 is 9.84 Å². The average molecular weight is 337 g/mol. The first-order valence-electron chi connectivity index (χ1n) is 8.10. The summed E-state index contributed by atoms with van der Waals surface area (Å²) < 4.78 is 7.03. The van der Waals surface area contributed by atoms with E-state index in [-0.39, 0.29) is 12.3 Å². The molecule has 2 aromatic carbocycles. The maximum absolute atomic E-state index is 13.0. The second-order valence-corrected chi connectivity index (χ2v) is 5.80. The van der Waals surface area contributed by atoms with E-state index in [1.807, 2.05) is 26.0 Å². The van der Waals surface area contributed by atoms with Crippen LogP contribution in [0.2, 0.25) is 0 Å². The minimum Gasteiger partial charge on any atom is -0.494 e. The number of hydrogen-bond acceptors (Lipinski definition) is 3. The lowest BCUT2D eigenvalue weighted by Crippen LogP contribution is -2.13. The van der Waals surface area contributed by atoms with E-state index in [1.165, 1.54) is 0 Å². The molecule has 0 aliphatic rings. The minimum atomic E-state index is -0.893. The molecule has 0 aliphatic carbocycles. The molecule has 0 spiro atoms. The number of carboxylic acid groups (broad SMARTS) is 1. The second-order valence-electron chi connectivity index (χ2n) is 5.80. The van der Waals surface area contributed by atoms with Gasteiger partial charge in [0.2, 0.25) is 0 Å². The molecule has 0 saturated carbocycles. The highest BCUT2D eigenvalue weighted by molar-refractivity contribution is 6.04. The van der Waals surface area contributed by atoms with Gasteiger partial charge in [-0.2, -0.15) is 0 Å². The Morgan fingerprint density at radius 3 is 2.48 bits per heavy atom. The van der Waals surface area contributed by atoms with Crippen LogP contribution in [-0.4, -0.2) is 28.2 Å². The van der Waals surface area contributed by atoms with Crippen molar-refractivity contribution in [3.63, 3.8) is 0 Å². The molecule has 0 atom stereocenters. The van der Waals surface area contributed by atoms with Crippen LogP contribution in [0.4, 0.5) is 0 Å². The molecule has 0 aliphatic heterocycles. The monoisotopic (exact) mass is 337 g/mol. The predicted molar refractivity (Wildman–Crippen MR) is 95.4 cm³/mol. The fourth-order valence-corrected chi connectivity index (χ4v) is 3.00. The topological polar surface area (TPSA) is 68.5 Å². The third-order valence-corrected chi connectivity index (χ3v) is 4.08. The lowest BCUT2D eigenvalue weighted by Gasteiger charge is -2.09. The number of aliphatic carboxylic acids is 1. The van der Waals surface area contributed by atoms with Gasteiger partial charge in [-0.25, -0.2) is 0 Å². The van der Waals surface area contributed by atoms with Crippen LogP contribution in [0.3, 0.4) is 0 Å². The van der Waals surface area contributed by atoms with E-state index in [2.05, 4.69) is 0 Å². The van der Waals surface area contributed by atoms with Gasteiger partial charge in [0.15, 0.2) is 0 Å². The lowest BCUT2D eigenvalue weighted by molar-refractivity contribution is -0.136. The molecule has 3 aromatic rings. The molecule has 0 saturated heterocycles. The van der Waals surface area contributed by atoms with Gasteiger partial charge in [0.25, 0.3) is 5.91 Å². The summed E-state index contributed by atoms with van der Waals surface area (Å²) in [5.41, 5.74) is 2.74. The molecule has 0 fully saturated rings. The zero-order chi connectivity index (χ0) is 18.0. The molecular weight excluding hydrogens is 318 g/mol. The van der Waals surface area contributed by atoms with E-state index in [4.69, 9.17) is 9.84 Å². The third kappa shape index (κ3) is 3.26. The van der Waals surface area contributed by atoms with Gasteiger partial charge >= 0.3 is 5.97 Å². The Hall–Kier alpha value is -3.08. The summed E-state index contributed by atoms with van der Waals surface area (Å²) in [4.78, 5) is 24.0. The van der Waals surface area contributed by atoms with Crippen molar-refractivity contribution >= 4 is 22.8 Å². The second kappa shape index (κ2) is 6.81. The highest BCUT2D eigenvalue weighted by Crippen LogP contribution is 2.25. The van der Waals surface area contributed by atoms with Gasteiger partial charge in [-0.15, -0.1) is 0 Å². The summed E-state index contributed by atoms with van der Waals surface area (Å²) in [6, 6.07) is 14.3. The molecule has 5 nitrogen and oxygen atoms in total. The first kappa shape index (κ1) is 16.8. The van der Waals surface area contributed by atoms with Crippen LogP contribution < -0.4 is 4.74 Å². The number of aryl methyl sites for hydroxylation is 1. The van der Waals surface area contributed by atoms with Crippen molar-refractivity contribution in [1.29, 1.82) is 0 Å². The van der Waals surface area contributed by atoms with Crippen molar-refractivity contribution < 1.29 is 19.4 Å². The van der Waals surface area contributed by atoms with E-state index in [0.29, 0.717) is 17.7 Å². The molecule has 0 amide bonds. The maximum atomic E-state index is 13.0. The minimum absolute atomic E-state index is 0.0714. The van der Waals surface area contributed by atoms with Gasteiger partial charge in [-0.05, 0) is 55.8 Å². The molecule has 0 radical (unpaired) electrons. The fourth-order valence-electron chi connectivity index (χ4n) is 3.00. The molecule has 1 N–H and O–H groups in total. The van der Waals surface area contributed by atoms with Crippen molar-refractivity contribution in [2.75, 3.05) is 6.61 Å². The zero-order valence-corrected chi connectivity index (χ0v) is 14.2. The first-order chi connectivity index (χ1) is 12.0. The summed E-state index contributed by atoms with van der Waals surface area (Å²) in [7, 11) is 0. The van der Waals surface area contributed by atoms with Gasteiger partial charge in [0.05, 0.1) is 18.5 Å². The van der Waals surface area contributed by atoms with E-state index >= 15 is 0 Å². The number of carbonyl (C=O) groups is 2. The first-order valence-corrected chi connectivity index (χ1v) is 8.10. The zero-order valence-electron chi connectivity index (χ0n) is 14.2. The van der Waals surface area contributed by atoms with Gasteiger partial charge in [0.1, 0.15) is 5.75 Å². The van der Waals surface area contributed by atoms with E-state index in [9.17, 15) is 9.59 Å². The van der Waals surface area contributed by atoms with Crippen LogP contribution in [0.25, 0.3) is 10.9 Å². The summed E-state index contributed by atoms with van der Waals surface area (Å²) in [6.45, 7) is 4.32. The van der Waals surface area contributed by atoms with Crippen molar-refractivity contribution in [1.82, 2.24) is 4.57 Å². The predicted octanol–water partition coefficient (Wildman–Crippen LogP) is 3.66. The van der Waals surface area contributed by atoms with Crippen LogP contribution in [0.5, 0.6) is 5.75 Å². The quantitative estimate of drug-likeness (QED) is 0.771. The summed E-state index contributed by atoms with van der Waals surface area (Å²) in [6.07, 6.45) is -0.0714. The van der Waals surface area contributed by atoms with Crippen LogP contribution in [-0.2, 0) is 11.2 Å². The summed E-state index contributed by atoms with van der Waals surface area (Å²) >= 11 is 0. The number of benzene rings is 2. The number of carboxylic acids is 1. The van der Waals surface area contributed by atoms with Crippen molar-refractivity contribution in [2.24, 2.45) is 0 Å². The largest absolute Gasteiger partial charge is 0.494 e. The smallest absolute Gasteiger partial charge is 0.307 e. The van der Waals surface area contributed by atoms with Crippen LogP contribution in [0, 0.1) is 6.92 Å². The van der Waals surface area contributed by atoms with Gasteiger partial charge in [0, 0.05) is 16.6 Å². The Kier molecular flexibility index (Phi) is 4.57. The van der Waals surface area contributed by atoms with Crippen LogP contribution >= 0.6 is 0 Å². The molecule has 3 rings (SSSR count). The average Bonchev–Trinajstić information content (AvgIpc) is 2.92. The summed E-state index contributed by atoms with van der Waals surface area (Å²) in [5, 5.41) is 9.87. The highest BCUT2D eigenvalue weighted by Gasteiger charge is 2.17. The van der Waals surface area contributed by atoms with E-state index < -0.39 is 5.97 Å². The Labute approximate surface area is 145 Å². The molecule has 128 valence electrons. The number of nitrogens with zero attached hydrogens (tertiary/aromatic N) is 1. The normalized spacial score (nSPS) is 10.8. The maximum Gasteiger partial charge on any atom is 0.307 e. The van der Waals surface area contributed by atoms with Crippen LogP contribution in [0.15, 0.2) is 48.5 Å². The van der Waals surface area contributed by atoms with Crippen molar-refractivity contribution in [2.45, 2.75) is 20.3 Å². The standard InChI is InChI=1S/C20H19NO4/c1-3-25-16-9-7-14(8-10-16)20(24)21-13(2)11-17-15(12-19(22)23)5-4-6-18(17)21/h4-11H,3,12H2,1-2H3,(H,22,23). The highest BCUT2D eigenvalue weighted by atomic mass is 16.5. The SMILES string of the molecule is CCOc1ccc(C(=O)n2c(C)cc3c(CC(=O)O)cccc32)cc1. The van der Waals surface area contributed by atoms with Gasteiger partial charge in [-0.3, -0.25) is 14.2 Å². The lowest BCUT2D eigenvalue weighted by atomic mass is 10.1. The molecule has 25 heavy (non-hydrogen) atoms. The molecule has 0 bridgehead atoms. The Morgan fingerprint density at radius 2 is 1.84 bits per heavy atom. The van der Waals surface area contributed by atoms with Crippen molar-refractivity contribution in [3.8, 4) is 5.75 Å². The van der Waals surface area contributed by atoms with Crippen molar-refractivity contribution in [3.05, 3.63) is 65.4 Å². The number of fused-ring (bicyclic) bond motifs is 1.